The molecule has 3 rings (SSSR count). The number of hydrogen-bond donors (Lipinski definition) is 1. The molecule has 0 bridgehead atoms. The Labute approximate surface area is 168 Å². The van der Waals surface area contributed by atoms with Crippen LogP contribution in [0.25, 0.3) is 0 Å². The zero-order valence-electron chi connectivity index (χ0n) is 16.4. The van der Waals surface area contributed by atoms with Gasteiger partial charge >= 0.3 is 0 Å². The highest BCUT2D eigenvalue weighted by Crippen LogP contribution is 2.29. The van der Waals surface area contributed by atoms with E-state index in [9.17, 15) is 9.59 Å². The lowest BCUT2D eigenvalue weighted by Gasteiger charge is -2.17. The van der Waals surface area contributed by atoms with Crippen molar-refractivity contribution in [2.75, 3.05) is 31.5 Å². The van der Waals surface area contributed by atoms with E-state index in [4.69, 9.17) is 9.47 Å². The Balaban J connectivity index is 1.82. The van der Waals surface area contributed by atoms with Gasteiger partial charge in [-0.25, -0.2) is 0 Å². The Morgan fingerprint density at radius 2 is 1.72 bits per heavy atom. The largest absolute Gasteiger partial charge is 0.497 e. The maximum absolute atomic E-state index is 12.8. The number of aromatic nitrogens is 1. The van der Waals surface area contributed by atoms with Crippen molar-refractivity contribution in [2.45, 2.75) is 0 Å². The summed E-state index contributed by atoms with van der Waals surface area (Å²) in [5, 5.41) is 2.78. The summed E-state index contributed by atoms with van der Waals surface area (Å²) in [5.74, 6) is 0.365. The van der Waals surface area contributed by atoms with Crippen LogP contribution in [0.5, 0.6) is 11.5 Å². The van der Waals surface area contributed by atoms with Crippen molar-refractivity contribution in [3.63, 3.8) is 0 Å². The van der Waals surface area contributed by atoms with E-state index in [1.807, 2.05) is 30.3 Å². The van der Waals surface area contributed by atoms with Crippen molar-refractivity contribution >= 4 is 23.2 Å². The third-order valence-corrected chi connectivity index (χ3v) is 4.34. The summed E-state index contributed by atoms with van der Waals surface area (Å²) >= 11 is 0. The smallest absolute Gasteiger partial charge is 0.276 e. The van der Waals surface area contributed by atoms with Gasteiger partial charge in [0.05, 0.1) is 19.9 Å². The summed E-state index contributed by atoms with van der Waals surface area (Å²) < 4.78 is 10.5. The SMILES string of the molecule is COc1ccc(OC)c(NC(=O)c2ccnc(C(=O)N(C)c3ccccc3)c2)c1. The Bertz CT molecular complexity index is 1020. The highest BCUT2D eigenvalue weighted by atomic mass is 16.5. The molecule has 0 aliphatic carbocycles. The molecule has 0 unspecified atom stereocenters. The molecule has 0 atom stereocenters. The van der Waals surface area contributed by atoms with Crippen LogP contribution >= 0.6 is 0 Å². The van der Waals surface area contributed by atoms with Crippen molar-refractivity contribution in [1.82, 2.24) is 4.98 Å². The summed E-state index contributed by atoms with van der Waals surface area (Å²) in [7, 11) is 4.71. The molecule has 148 valence electrons. The second-order valence-corrected chi connectivity index (χ2v) is 6.15. The van der Waals surface area contributed by atoms with E-state index in [0.29, 0.717) is 22.7 Å². The molecule has 0 fully saturated rings. The Morgan fingerprint density at radius 1 is 0.966 bits per heavy atom. The topological polar surface area (TPSA) is 80.8 Å². The zero-order valence-corrected chi connectivity index (χ0v) is 16.4. The van der Waals surface area contributed by atoms with Gasteiger partial charge in [0.1, 0.15) is 17.2 Å². The number of nitrogens with one attached hydrogen (secondary N) is 1. The monoisotopic (exact) mass is 391 g/mol. The van der Waals surface area contributed by atoms with Gasteiger partial charge in [-0.05, 0) is 36.4 Å². The molecule has 0 saturated carbocycles. The maximum Gasteiger partial charge on any atom is 0.276 e. The van der Waals surface area contributed by atoms with Crippen molar-refractivity contribution in [3.05, 3.63) is 78.1 Å². The van der Waals surface area contributed by atoms with E-state index in [2.05, 4.69) is 10.3 Å². The first-order valence-corrected chi connectivity index (χ1v) is 8.86. The first kappa shape index (κ1) is 19.9. The number of methoxy groups -OCH3 is 2. The highest BCUT2D eigenvalue weighted by Gasteiger charge is 2.18. The van der Waals surface area contributed by atoms with Crippen molar-refractivity contribution in [2.24, 2.45) is 0 Å². The summed E-state index contributed by atoms with van der Waals surface area (Å²) in [5.41, 5.74) is 1.66. The van der Waals surface area contributed by atoms with Crippen LogP contribution in [0.2, 0.25) is 0 Å². The minimum atomic E-state index is -0.393. The van der Waals surface area contributed by atoms with E-state index in [1.54, 1.807) is 31.3 Å². The van der Waals surface area contributed by atoms with E-state index in [-0.39, 0.29) is 11.6 Å². The minimum absolute atomic E-state index is 0.168. The average Bonchev–Trinajstić information content (AvgIpc) is 2.78. The Kier molecular flexibility index (Phi) is 6.09. The number of nitrogens with zero attached hydrogens (tertiary/aromatic N) is 2. The number of ether oxygens (including phenoxy) is 2. The molecule has 7 nitrogen and oxygen atoms in total. The molecule has 7 heteroatoms. The van der Waals surface area contributed by atoms with Gasteiger partial charge in [0.15, 0.2) is 0 Å². The van der Waals surface area contributed by atoms with Crippen LogP contribution in [-0.4, -0.2) is 38.1 Å². The average molecular weight is 391 g/mol. The van der Waals surface area contributed by atoms with Crippen LogP contribution < -0.4 is 19.7 Å². The fourth-order valence-electron chi connectivity index (χ4n) is 2.74. The minimum Gasteiger partial charge on any atom is -0.497 e. The standard InChI is InChI=1S/C22H21N3O4/c1-25(16-7-5-4-6-8-16)22(27)19-13-15(11-12-23-19)21(26)24-18-14-17(28-2)9-10-20(18)29-3/h4-14H,1-3H3,(H,24,26). The quantitative estimate of drug-likeness (QED) is 0.694. The summed E-state index contributed by atoms with van der Waals surface area (Å²) in [6.07, 6.45) is 1.43. The summed E-state index contributed by atoms with van der Waals surface area (Å²) in [6.45, 7) is 0. The van der Waals surface area contributed by atoms with Gasteiger partial charge in [0.25, 0.3) is 11.8 Å². The second-order valence-electron chi connectivity index (χ2n) is 6.15. The van der Waals surface area contributed by atoms with Crippen LogP contribution in [0.15, 0.2) is 66.9 Å². The number of pyridine rings is 1. The maximum atomic E-state index is 12.8. The predicted octanol–water partition coefficient (Wildman–Crippen LogP) is 3.63. The number of benzene rings is 2. The van der Waals surface area contributed by atoms with E-state index < -0.39 is 5.91 Å². The molecule has 1 N–H and O–H groups in total. The number of hydrogen-bond acceptors (Lipinski definition) is 5. The molecule has 0 aliphatic heterocycles. The lowest BCUT2D eigenvalue weighted by Crippen LogP contribution is -2.27. The molecule has 0 saturated heterocycles. The third-order valence-electron chi connectivity index (χ3n) is 4.34. The van der Waals surface area contributed by atoms with Crippen molar-refractivity contribution in [3.8, 4) is 11.5 Å². The van der Waals surface area contributed by atoms with Gasteiger partial charge in [-0.1, -0.05) is 18.2 Å². The van der Waals surface area contributed by atoms with Gasteiger partial charge in [-0.15, -0.1) is 0 Å². The van der Waals surface area contributed by atoms with Crippen molar-refractivity contribution < 1.29 is 19.1 Å². The fourth-order valence-corrected chi connectivity index (χ4v) is 2.74. The van der Waals surface area contributed by atoms with Gasteiger partial charge < -0.3 is 19.7 Å². The molecule has 3 aromatic rings. The molecule has 0 aliphatic rings. The molecule has 0 radical (unpaired) electrons. The van der Waals surface area contributed by atoms with Crippen LogP contribution in [-0.2, 0) is 0 Å². The lowest BCUT2D eigenvalue weighted by molar-refractivity contribution is 0.0988. The second kappa shape index (κ2) is 8.88. The zero-order chi connectivity index (χ0) is 20.8. The first-order valence-electron chi connectivity index (χ1n) is 8.86. The van der Waals surface area contributed by atoms with Gasteiger partial charge in [0.2, 0.25) is 0 Å². The number of amides is 2. The normalized spacial score (nSPS) is 10.2. The van der Waals surface area contributed by atoms with Gasteiger partial charge in [-0.2, -0.15) is 0 Å². The Hall–Kier alpha value is -3.87. The van der Waals surface area contributed by atoms with E-state index in [0.717, 1.165) is 5.69 Å². The van der Waals surface area contributed by atoms with Crippen LogP contribution in [0.4, 0.5) is 11.4 Å². The molecule has 1 heterocycles. The molecule has 2 aromatic carbocycles. The molecule has 2 amide bonds. The number of rotatable bonds is 6. The van der Waals surface area contributed by atoms with Crippen LogP contribution in [0.3, 0.4) is 0 Å². The first-order chi connectivity index (χ1) is 14.0. The number of carbonyl (C=O) groups is 2. The summed E-state index contributed by atoms with van der Waals surface area (Å²) in [4.78, 5) is 31.1. The number of carbonyl (C=O) groups excluding carboxylic acids is 2. The number of para-hydroxylation sites is 1. The van der Waals surface area contributed by atoms with E-state index >= 15 is 0 Å². The van der Waals surface area contributed by atoms with E-state index in [1.165, 1.54) is 31.4 Å². The third kappa shape index (κ3) is 4.52. The Morgan fingerprint density at radius 3 is 2.41 bits per heavy atom. The fraction of sp³-hybridized carbons (Fsp3) is 0.136. The van der Waals surface area contributed by atoms with Crippen LogP contribution in [0, 0.1) is 0 Å². The number of anilines is 2. The highest BCUT2D eigenvalue weighted by molar-refractivity contribution is 6.08. The lowest BCUT2D eigenvalue weighted by atomic mass is 10.2. The van der Waals surface area contributed by atoms with Crippen LogP contribution in [0.1, 0.15) is 20.8 Å². The summed E-state index contributed by atoms with van der Waals surface area (Å²) in [6, 6.07) is 17.3. The molecule has 1 aromatic heterocycles. The van der Waals surface area contributed by atoms with Crippen molar-refractivity contribution in [1.29, 1.82) is 0 Å². The molecular formula is C22H21N3O4. The predicted molar refractivity (Wildman–Crippen MR) is 111 cm³/mol. The van der Waals surface area contributed by atoms with Gasteiger partial charge in [-0.3, -0.25) is 14.6 Å². The van der Waals surface area contributed by atoms with Gasteiger partial charge in [0, 0.05) is 30.6 Å². The molecule has 29 heavy (non-hydrogen) atoms. The molecule has 0 spiro atoms. The molecular weight excluding hydrogens is 370 g/mol.